The minimum absolute atomic E-state index is 0.119. The summed E-state index contributed by atoms with van der Waals surface area (Å²) in [6.07, 6.45) is 1.49. The quantitative estimate of drug-likeness (QED) is 0.715. The maximum Gasteiger partial charge on any atom is 0.226 e. The fourth-order valence-electron chi connectivity index (χ4n) is 2.16. The Morgan fingerprint density at radius 3 is 2.65 bits per heavy atom. The van der Waals surface area contributed by atoms with E-state index in [2.05, 4.69) is 19.2 Å². The lowest BCUT2D eigenvalue weighted by Crippen LogP contribution is -2.26. The van der Waals surface area contributed by atoms with Crippen molar-refractivity contribution in [2.24, 2.45) is 11.8 Å². The summed E-state index contributed by atoms with van der Waals surface area (Å²) in [4.78, 5) is 11.9. The van der Waals surface area contributed by atoms with E-state index in [4.69, 9.17) is 32.7 Å². The van der Waals surface area contributed by atoms with Crippen LogP contribution in [0.25, 0.3) is 0 Å². The number of methoxy groups -OCH3 is 1. The second-order valence-corrected chi connectivity index (χ2v) is 7.79. The summed E-state index contributed by atoms with van der Waals surface area (Å²) in [5.41, 5.74) is 0.932. The van der Waals surface area contributed by atoms with Crippen molar-refractivity contribution in [1.82, 2.24) is 5.32 Å². The van der Waals surface area contributed by atoms with Gasteiger partial charge in [0.05, 0.1) is 19.6 Å². The molecule has 1 saturated carbocycles. The van der Waals surface area contributed by atoms with Crippen LogP contribution in [0.5, 0.6) is 11.5 Å². The molecule has 0 spiro atoms. The van der Waals surface area contributed by atoms with Crippen molar-refractivity contribution in [1.29, 1.82) is 0 Å². The van der Waals surface area contributed by atoms with Crippen LogP contribution in [0.15, 0.2) is 18.2 Å². The minimum Gasteiger partial charge on any atom is -0.493 e. The predicted octanol–water partition coefficient (Wildman–Crippen LogP) is 3.93. The fourth-order valence-corrected chi connectivity index (χ4v) is 2.66. The number of amides is 1. The van der Waals surface area contributed by atoms with Crippen LogP contribution < -0.4 is 14.8 Å². The monoisotopic (exact) mass is 359 g/mol. The Balaban J connectivity index is 1.89. The van der Waals surface area contributed by atoms with Crippen LogP contribution in [0.2, 0.25) is 0 Å². The van der Waals surface area contributed by atoms with Gasteiger partial charge in [0.25, 0.3) is 0 Å². The van der Waals surface area contributed by atoms with Crippen molar-refractivity contribution in [3.05, 3.63) is 23.8 Å². The first-order valence-corrected chi connectivity index (χ1v) is 8.54. The van der Waals surface area contributed by atoms with Gasteiger partial charge < -0.3 is 14.8 Å². The van der Waals surface area contributed by atoms with E-state index in [0.717, 1.165) is 12.0 Å². The average molecular weight is 360 g/mol. The molecule has 1 aliphatic rings. The van der Waals surface area contributed by atoms with Crippen molar-refractivity contribution in [3.63, 3.8) is 0 Å². The Bertz CT molecular complexity index is 561. The van der Waals surface area contributed by atoms with Crippen molar-refractivity contribution in [2.75, 3.05) is 13.7 Å². The van der Waals surface area contributed by atoms with E-state index >= 15 is 0 Å². The molecule has 23 heavy (non-hydrogen) atoms. The maximum absolute atomic E-state index is 11.9. The predicted molar refractivity (Wildman–Crippen MR) is 92.3 cm³/mol. The molecule has 4 nitrogen and oxygen atoms in total. The molecule has 6 heteroatoms. The number of benzene rings is 1. The number of nitrogens with one attached hydrogen (secondary N) is 1. The number of carbonyl (C=O) groups is 1. The minimum atomic E-state index is -0.893. The lowest BCUT2D eigenvalue weighted by molar-refractivity contribution is -0.122. The molecule has 0 heterocycles. The highest BCUT2D eigenvalue weighted by Crippen LogP contribution is 2.53. The number of alkyl halides is 2. The molecule has 0 aliphatic heterocycles. The molecular formula is C17H23Cl2NO3. The van der Waals surface area contributed by atoms with Gasteiger partial charge in [0.15, 0.2) is 11.5 Å². The zero-order chi connectivity index (χ0) is 17.0. The van der Waals surface area contributed by atoms with Gasteiger partial charge in [-0.3, -0.25) is 4.79 Å². The smallest absolute Gasteiger partial charge is 0.226 e. The summed E-state index contributed by atoms with van der Waals surface area (Å²) in [7, 11) is 1.60. The molecule has 1 amide bonds. The molecule has 0 radical (unpaired) electrons. The van der Waals surface area contributed by atoms with Crippen LogP contribution in [0.3, 0.4) is 0 Å². The zero-order valence-corrected chi connectivity index (χ0v) is 15.2. The van der Waals surface area contributed by atoms with Crippen LogP contribution in [-0.2, 0) is 11.3 Å². The molecule has 1 unspecified atom stereocenters. The highest BCUT2D eigenvalue weighted by atomic mass is 35.5. The molecule has 128 valence electrons. The van der Waals surface area contributed by atoms with Crippen molar-refractivity contribution in [2.45, 2.75) is 37.6 Å². The zero-order valence-electron chi connectivity index (χ0n) is 13.7. The highest BCUT2D eigenvalue weighted by molar-refractivity contribution is 6.52. The van der Waals surface area contributed by atoms with E-state index < -0.39 is 4.33 Å². The van der Waals surface area contributed by atoms with Crippen LogP contribution in [0, 0.1) is 11.8 Å². The fraction of sp³-hybridized carbons (Fsp3) is 0.588. The van der Waals surface area contributed by atoms with Gasteiger partial charge in [0.1, 0.15) is 4.33 Å². The van der Waals surface area contributed by atoms with Crippen molar-refractivity contribution in [3.8, 4) is 11.5 Å². The first-order valence-electron chi connectivity index (χ1n) is 7.78. The second kappa shape index (κ2) is 7.63. The maximum atomic E-state index is 11.9. The van der Waals surface area contributed by atoms with Gasteiger partial charge in [-0.25, -0.2) is 0 Å². The highest BCUT2D eigenvalue weighted by Gasteiger charge is 2.56. The number of ether oxygens (including phenoxy) is 2. The Morgan fingerprint density at radius 2 is 2.09 bits per heavy atom. The van der Waals surface area contributed by atoms with Gasteiger partial charge in [-0.1, -0.05) is 19.9 Å². The van der Waals surface area contributed by atoms with E-state index in [-0.39, 0.29) is 11.8 Å². The first kappa shape index (κ1) is 18.2. The van der Waals surface area contributed by atoms with E-state index in [1.807, 2.05) is 18.2 Å². The number of halogens is 2. The van der Waals surface area contributed by atoms with Crippen molar-refractivity contribution < 1.29 is 14.3 Å². The third kappa shape index (κ3) is 5.18. The van der Waals surface area contributed by atoms with Gasteiger partial charge in [-0.15, -0.1) is 23.2 Å². The normalized spacial score (nSPS) is 18.6. The molecule has 1 aliphatic carbocycles. The van der Waals surface area contributed by atoms with Crippen molar-refractivity contribution >= 4 is 29.1 Å². The topological polar surface area (TPSA) is 47.6 Å². The summed E-state index contributed by atoms with van der Waals surface area (Å²) < 4.78 is 10.2. The molecule has 1 N–H and O–H groups in total. The Hall–Kier alpha value is -1.13. The molecule has 1 fully saturated rings. The molecule has 0 aromatic heterocycles. The average Bonchev–Trinajstić information content (AvgIpc) is 3.14. The van der Waals surface area contributed by atoms with E-state index in [1.165, 1.54) is 0 Å². The lowest BCUT2D eigenvalue weighted by Gasteiger charge is -2.13. The Labute approximate surface area is 147 Å². The molecule has 1 atom stereocenters. The SMILES string of the molecule is COc1cc(CNC(=O)C2CC2(Cl)Cl)ccc1OCCC(C)C. The lowest BCUT2D eigenvalue weighted by atomic mass is 10.1. The van der Waals surface area contributed by atoms with Gasteiger partial charge in [0, 0.05) is 6.54 Å². The van der Waals surface area contributed by atoms with Gasteiger partial charge >= 0.3 is 0 Å². The molecule has 0 bridgehead atoms. The molecule has 1 aromatic rings. The molecular weight excluding hydrogens is 337 g/mol. The van der Waals surface area contributed by atoms with Crippen LogP contribution in [0.1, 0.15) is 32.3 Å². The molecule has 1 aromatic carbocycles. The molecule has 0 saturated heterocycles. The summed E-state index contributed by atoms with van der Waals surface area (Å²) in [6, 6.07) is 5.65. The van der Waals surface area contributed by atoms with Gasteiger partial charge in [0.2, 0.25) is 5.91 Å². The van der Waals surface area contributed by atoms with E-state index in [9.17, 15) is 4.79 Å². The summed E-state index contributed by atoms with van der Waals surface area (Å²) >= 11 is 11.8. The summed E-state index contributed by atoms with van der Waals surface area (Å²) in [6.45, 7) is 5.37. The standard InChI is InChI=1S/C17H23Cl2NO3/c1-11(2)6-7-23-14-5-4-12(8-15(14)22-3)10-20-16(21)13-9-17(13,18)19/h4-5,8,11,13H,6-7,9-10H2,1-3H3,(H,20,21). The van der Waals surface area contributed by atoms with Crippen LogP contribution in [0.4, 0.5) is 0 Å². The van der Waals surface area contributed by atoms with Crippen LogP contribution in [-0.4, -0.2) is 24.0 Å². The Kier molecular flexibility index (Phi) is 6.04. The Morgan fingerprint density at radius 1 is 1.39 bits per heavy atom. The first-order chi connectivity index (χ1) is 10.8. The summed E-state index contributed by atoms with van der Waals surface area (Å²) in [5, 5.41) is 2.84. The third-order valence-corrected chi connectivity index (χ3v) is 4.63. The van der Waals surface area contributed by atoms with Crippen LogP contribution >= 0.6 is 23.2 Å². The largest absolute Gasteiger partial charge is 0.493 e. The number of carbonyl (C=O) groups excluding carboxylic acids is 1. The van der Waals surface area contributed by atoms with E-state index in [0.29, 0.717) is 37.0 Å². The van der Waals surface area contributed by atoms with E-state index in [1.54, 1.807) is 7.11 Å². The number of hydrogen-bond donors (Lipinski definition) is 1. The second-order valence-electron chi connectivity index (χ2n) is 6.25. The number of rotatable bonds is 8. The van der Waals surface area contributed by atoms with Gasteiger partial charge in [-0.05, 0) is 36.5 Å². The third-order valence-electron chi connectivity index (χ3n) is 3.79. The number of hydrogen-bond acceptors (Lipinski definition) is 3. The summed E-state index contributed by atoms with van der Waals surface area (Å²) in [5.74, 6) is 1.54. The molecule has 2 rings (SSSR count). The van der Waals surface area contributed by atoms with Gasteiger partial charge in [-0.2, -0.15) is 0 Å².